The number of hydrogen-bond donors (Lipinski definition) is 1. The van der Waals surface area contributed by atoms with E-state index in [0.29, 0.717) is 5.56 Å². The molecule has 0 spiro atoms. The zero-order valence-corrected chi connectivity index (χ0v) is 12.9. The quantitative estimate of drug-likeness (QED) is 0.811. The first-order valence-electron chi connectivity index (χ1n) is 5.45. The molecule has 4 heteroatoms. The molecule has 1 unspecified atom stereocenters. The molecule has 2 N–H and O–H groups in total. The van der Waals surface area contributed by atoms with Crippen molar-refractivity contribution >= 4 is 31.9 Å². The summed E-state index contributed by atoms with van der Waals surface area (Å²) in [7, 11) is 0. The Morgan fingerprint density at radius 3 is 2.44 bits per heavy atom. The van der Waals surface area contributed by atoms with Crippen molar-refractivity contribution in [2.24, 2.45) is 5.73 Å². The van der Waals surface area contributed by atoms with Gasteiger partial charge in [0.1, 0.15) is 5.82 Å². The fourth-order valence-electron chi connectivity index (χ4n) is 1.80. The second-order valence-corrected chi connectivity index (χ2v) is 5.94. The van der Waals surface area contributed by atoms with Gasteiger partial charge in [-0.3, -0.25) is 0 Å². The summed E-state index contributed by atoms with van der Waals surface area (Å²) in [5, 5.41) is 0. The fraction of sp³-hybridized carbons (Fsp3) is 0.143. The van der Waals surface area contributed by atoms with E-state index in [1.165, 1.54) is 6.07 Å². The lowest BCUT2D eigenvalue weighted by molar-refractivity contribution is 0.598. The molecule has 0 amide bonds. The second-order valence-electron chi connectivity index (χ2n) is 4.17. The molecule has 0 radical (unpaired) electrons. The largest absolute Gasteiger partial charge is 0.320 e. The summed E-state index contributed by atoms with van der Waals surface area (Å²) >= 11 is 6.84. The zero-order chi connectivity index (χ0) is 13.3. The fourth-order valence-corrected chi connectivity index (χ4v) is 2.68. The SMILES string of the molecule is Cc1ccc(C(N)c2cc(Br)ccc2Br)c(F)c1. The van der Waals surface area contributed by atoms with E-state index in [0.717, 1.165) is 20.1 Å². The van der Waals surface area contributed by atoms with Crippen molar-refractivity contribution in [3.05, 3.63) is 67.9 Å². The van der Waals surface area contributed by atoms with Crippen LogP contribution in [0.3, 0.4) is 0 Å². The van der Waals surface area contributed by atoms with Crippen LogP contribution in [0.15, 0.2) is 45.3 Å². The summed E-state index contributed by atoms with van der Waals surface area (Å²) in [6, 6.07) is 10.3. The van der Waals surface area contributed by atoms with Gasteiger partial charge in [0.15, 0.2) is 0 Å². The molecule has 94 valence electrons. The van der Waals surface area contributed by atoms with Crippen LogP contribution in [0, 0.1) is 12.7 Å². The van der Waals surface area contributed by atoms with Crippen LogP contribution in [0.2, 0.25) is 0 Å². The summed E-state index contributed by atoms with van der Waals surface area (Å²) in [5.74, 6) is -0.269. The first-order valence-corrected chi connectivity index (χ1v) is 7.04. The van der Waals surface area contributed by atoms with E-state index < -0.39 is 6.04 Å². The van der Waals surface area contributed by atoms with Gasteiger partial charge in [-0.05, 0) is 42.3 Å². The second kappa shape index (κ2) is 5.51. The van der Waals surface area contributed by atoms with Crippen molar-refractivity contribution in [3.63, 3.8) is 0 Å². The molecular weight excluding hydrogens is 361 g/mol. The third kappa shape index (κ3) is 2.82. The average Bonchev–Trinajstić information content (AvgIpc) is 2.31. The van der Waals surface area contributed by atoms with Crippen LogP contribution in [0.4, 0.5) is 4.39 Å². The van der Waals surface area contributed by atoms with Crippen LogP contribution in [0.25, 0.3) is 0 Å². The van der Waals surface area contributed by atoms with Crippen LogP contribution in [0.5, 0.6) is 0 Å². The van der Waals surface area contributed by atoms with Gasteiger partial charge in [0.25, 0.3) is 0 Å². The summed E-state index contributed by atoms with van der Waals surface area (Å²) in [4.78, 5) is 0. The number of hydrogen-bond acceptors (Lipinski definition) is 1. The van der Waals surface area contributed by atoms with Crippen molar-refractivity contribution in [2.45, 2.75) is 13.0 Å². The summed E-state index contributed by atoms with van der Waals surface area (Å²) in [6.45, 7) is 1.85. The van der Waals surface area contributed by atoms with Gasteiger partial charge in [0, 0.05) is 14.5 Å². The molecule has 2 aromatic rings. The highest BCUT2D eigenvalue weighted by Gasteiger charge is 2.16. The third-order valence-electron chi connectivity index (χ3n) is 2.78. The lowest BCUT2D eigenvalue weighted by atomic mass is 9.98. The van der Waals surface area contributed by atoms with Gasteiger partial charge in [0.2, 0.25) is 0 Å². The minimum absolute atomic E-state index is 0.269. The minimum Gasteiger partial charge on any atom is -0.320 e. The molecule has 0 aliphatic carbocycles. The maximum Gasteiger partial charge on any atom is 0.128 e. The van der Waals surface area contributed by atoms with E-state index in [2.05, 4.69) is 31.9 Å². The molecule has 0 saturated carbocycles. The van der Waals surface area contributed by atoms with Gasteiger partial charge >= 0.3 is 0 Å². The molecule has 2 aromatic carbocycles. The highest BCUT2D eigenvalue weighted by atomic mass is 79.9. The van der Waals surface area contributed by atoms with Gasteiger partial charge in [-0.25, -0.2) is 4.39 Å². The Morgan fingerprint density at radius 1 is 1.06 bits per heavy atom. The molecule has 0 saturated heterocycles. The Balaban J connectivity index is 2.47. The number of aryl methyl sites for hydroxylation is 1. The molecule has 18 heavy (non-hydrogen) atoms. The van der Waals surface area contributed by atoms with E-state index in [-0.39, 0.29) is 5.82 Å². The highest BCUT2D eigenvalue weighted by molar-refractivity contribution is 9.11. The minimum atomic E-state index is -0.488. The standard InChI is InChI=1S/C14H12Br2FN/c1-8-2-4-10(13(17)6-8)14(18)11-7-9(15)3-5-12(11)16/h2-7,14H,18H2,1H3. The Kier molecular flexibility index (Phi) is 4.20. The summed E-state index contributed by atoms with van der Waals surface area (Å²) < 4.78 is 15.7. The van der Waals surface area contributed by atoms with Crippen LogP contribution in [0.1, 0.15) is 22.7 Å². The maximum atomic E-state index is 13.9. The number of rotatable bonds is 2. The molecule has 2 rings (SSSR count). The van der Waals surface area contributed by atoms with E-state index in [4.69, 9.17) is 5.73 Å². The van der Waals surface area contributed by atoms with E-state index in [1.807, 2.05) is 31.2 Å². The first kappa shape index (κ1) is 13.7. The molecule has 0 aromatic heterocycles. The van der Waals surface area contributed by atoms with E-state index in [9.17, 15) is 4.39 Å². The molecule has 0 bridgehead atoms. The smallest absolute Gasteiger partial charge is 0.128 e. The van der Waals surface area contributed by atoms with Gasteiger partial charge in [-0.1, -0.05) is 44.0 Å². The predicted molar refractivity (Wildman–Crippen MR) is 79.0 cm³/mol. The third-order valence-corrected chi connectivity index (χ3v) is 4.00. The topological polar surface area (TPSA) is 26.0 Å². The maximum absolute atomic E-state index is 13.9. The van der Waals surface area contributed by atoms with Gasteiger partial charge < -0.3 is 5.73 Å². The van der Waals surface area contributed by atoms with Crippen LogP contribution in [-0.4, -0.2) is 0 Å². The zero-order valence-electron chi connectivity index (χ0n) is 9.75. The Morgan fingerprint density at radius 2 is 1.78 bits per heavy atom. The molecular formula is C14H12Br2FN. The Labute approximate surface area is 122 Å². The van der Waals surface area contributed by atoms with Crippen LogP contribution in [-0.2, 0) is 0 Å². The molecule has 0 aliphatic heterocycles. The van der Waals surface area contributed by atoms with E-state index in [1.54, 1.807) is 6.07 Å². The molecule has 0 heterocycles. The number of halogens is 3. The van der Waals surface area contributed by atoms with Crippen LogP contribution >= 0.6 is 31.9 Å². The first-order chi connectivity index (χ1) is 8.49. The van der Waals surface area contributed by atoms with Crippen molar-refractivity contribution < 1.29 is 4.39 Å². The highest BCUT2D eigenvalue weighted by Crippen LogP contribution is 2.30. The van der Waals surface area contributed by atoms with Crippen molar-refractivity contribution in [1.82, 2.24) is 0 Å². The number of benzene rings is 2. The average molecular weight is 373 g/mol. The van der Waals surface area contributed by atoms with Gasteiger partial charge in [-0.2, -0.15) is 0 Å². The summed E-state index contributed by atoms with van der Waals surface area (Å²) in [5.41, 5.74) is 8.39. The molecule has 0 fully saturated rings. The lowest BCUT2D eigenvalue weighted by Crippen LogP contribution is -2.14. The molecule has 1 atom stereocenters. The van der Waals surface area contributed by atoms with Crippen LogP contribution < -0.4 is 5.73 Å². The van der Waals surface area contributed by atoms with Crippen molar-refractivity contribution in [3.8, 4) is 0 Å². The Hall–Kier alpha value is -0.710. The number of nitrogens with two attached hydrogens (primary N) is 1. The van der Waals surface area contributed by atoms with Crippen molar-refractivity contribution in [1.29, 1.82) is 0 Å². The van der Waals surface area contributed by atoms with Crippen molar-refractivity contribution in [2.75, 3.05) is 0 Å². The van der Waals surface area contributed by atoms with E-state index >= 15 is 0 Å². The molecule has 1 nitrogen and oxygen atoms in total. The lowest BCUT2D eigenvalue weighted by Gasteiger charge is -2.16. The molecule has 0 aliphatic rings. The monoisotopic (exact) mass is 371 g/mol. The van der Waals surface area contributed by atoms with Gasteiger partial charge in [0.05, 0.1) is 6.04 Å². The predicted octanol–water partition coefficient (Wildman–Crippen LogP) is 4.71. The normalized spacial score (nSPS) is 12.5. The van der Waals surface area contributed by atoms with Gasteiger partial charge in [-0.15, -0.1) is 0 Å². The summed E-state index contributed by atoms with van der Waals surface area (Å²) in [6.07, 6.45) is 0. The Bertz CT molecular complexity index is 584.